The highest BCUT2D eigenvalue weighted by atomic mass is 16.5. The Bertz CT molecular complexity index is 1890. The summed E-state index contributed by atoms with van der Waals surface area (Å²) in [5, 5.41) is 8.04. The van der Waals surface area contributed by atoms with Crippen LogP contribution in [0.4, 0.5) is 17.3 Å². The van der Waals surface area contributed by atoms with Gasteiger partial charge in [0.15, 0.2) is 5.82 Å². The molecule has 0 spiro atoms. The van der Waals surface area contributed by atoms with Crippen molar-refractivity contribution in [3.63, 3.8) is 0 Å². The van der Waals surface area contributed by atoms with Crippen LogP contribution in [-0.4, -0.2) is 68.1 Å². The Morgan fingerprint density at radius 3 is 2.72 bits per heavy atom. The monoisotopic (exact) mass is 640 g/mol. The van der Waals surface area contributed by atoms with Crippen LogP contribution in [-0.2, 0) is 66.9 Å². The summed E-state index contributed by atoms with van der Waals surface area (Å²) in [6.45, 7) is 12.6. The Morgan fingerprint density at radius 1 is 1.06 bits per heavy atom. The van der Waals surface area contributed by atoms with E-state index in [1.54, 1.807) is 24.9 Å². The van der Waals surface area contributed by atoms with Gasteiger partial charge in [0.2, 0.25) is 0 Å². The third kappa shape index (κ3) is 6.19. The second-order valence-electron chi connectivity index (χ2n) is 13.8. The number of rotatable bonds is 9. The number of anilines is 3. The predicted octanol–water partition coefficient (Wildman–Crippen LogP) is 3.86. The number of hydrogen-bond acceptors (Lipinski definition) is 9. The van der Waals surface area contributed by atoms with Gasteiger partial charge in [-0.05, 0) is 47.6 Å². The minimum Gasteiger partial charge on any atom is -0.461 e. The van der Waals surface area contributed by atoms with E-state index < -0.39 is 0 Å². The first-order valence-corrected chi connectivity index (χ1v) is 16.4. The first kappa shape index (κ1) is 31.2. The number of nitrogens with one attached hydrogen (secondary N) is 1. The van der Waals surface area contributed by atoms with Gasteiger partial charge in [-0.3, -0.25) is 19.2 Å². The van der Waals surface area contributed by atoms with Crippen LogP contribution in [0.25, 0.3) is 11.1 Å². The minimum absolute atomic E-state index is 0.0784. The summed E-state index contributed by atoms with van der Waals surface area (Å²) in [5.41, 5.74) is 8.37. The molecule has 248 valence electrons. The van der Waals surface area contributed by atoms with Crippen molar-refractivity contribution in [3.05, 3.63) is 75.2 Å². The average Bonchev–Trinajstić information content (AvgIpc) is 3.68. The van der Waals surface area contributed by atoms with E-state index in [0.29, 0.717) is 23.5 Å². The Kier molecular flexibility index (Phi) is 8.17. The van der Waals surface area contributed by atoms with Crippen molar-refractivity contribution >= 4 is 23.3 Å². The van der Waals surface area contributed by atoms with Crippen LogP contribution in [0.2, 0.25) is 0 Å². The first-order chi connectivity index (χ1) is 22.6. The van der Waals surface area contributed by atoms with Gasteiger partial charge in [0.05, 0.1) is 25.4 Å². The maximum Gasteiger partial charge on any atom is 0.302 e. The first-order valence-electron chi connectivity index (χ1n) is 16.4. The highest BCUT2D eigenvalue weighted by Gasteiger charge is 2.34. The van der Waals surface area contributed by atoms with E-state index in [2.05, 4.69) is 39.6 Å². The minimum atomic E-state index is -0.357. The van der Waals surface area contributed by atoms with Gasteiger partial charge in [0.1, 0.15) is 18.1 Å². The number of fused-ring (bicyclic) bond motifs is 4. The number of ether oxygens (including phenoxy) is 2. The molecule has 0 radical (unpaired) electrons. The maximum absolute atomic E-state index is 13.4. The van der Waals surface area contributed by atoms with Gasteiger partial charge in [-0.2, -0.15) is 5.10 Å². The van der Waals surface area contributed by atoms with Crippen LogP contribution in [0, 0.1) is 5.41 Å². The quantitative estimate of drug-likeness (QED) is 0.273. The third-order valence-electron chi connectivity index (χ3n) is 9.64. The third-order valence-corrected chi connectivity index (χ3v) is 9.64. The summed E-state index contributed by atoms with van der Waals surface area (Å²) in [6.07, 6.45) is 5.83. The lowest BCUT2D eigenvalue weighted by molar-refractivity contribution is -0.142. The van der Waals surface area contributed by atoms with E-state index in [1.165, 1.54) is 23.9 Å². The SMILES string of the molecule is COCCN1CCn2nc(Nc3cc(-c4ccnc(N5CCn6c(cc7c6CC(C)(C)C7)C5)c4COC(C)=O)cn(C)c3=O)cc2C1. The van der Waals surface area contributed by atoms with Gasteiger partial charge in [0.25, 0.3) is 5.56 Å². The molecule has 12 heteroatoms. The zero-order valence-corrected chi connectivity index (χ0v) is 28.0. The molecule has 4 aromatic heterocycles. The van der Waals surface area contributed by atoms with E-state index >= 15 is 0 Å². The zero-order valence-electron chi connectivity index (χ0n) is 28.0. The standard InChI is InChI=1S/C35H44N8O4/c1-23(44)47-22-29-28(6-7-36-33(29)41-9-10-42-26(21-41)14-24-17-35(2,3)18-31(24)42)25-15-30(34(45)39(4)19-25)37-32-16-27-20-40(12-13-46-5)8-11-43(27)38-32/h6-7,14-16,19H,8-13,17-18,20-22H2,1-5H3,(H,37,38). The molecule has 1 aliphatic carbocycles. The molecule has 4 aromatic rings. The van der Waals surface area contributed by atoms with E-state index in [1.807, 2.05) is 29.1 Å². The number of esters is 1. The molecule has 0 atom stereocenters. The van der Waals surface area contributed by atoms with E-state index in [9.17, 15) is 9.59 Å². The average molecular weight is 641 g/mol. The fourth-order valence-electron chi connectivity index (χ4n) is 7.41. The van der Waals surface area contributed by atoms with Crippen LogP contribution < -0.4 is 15.8 Å². The van der Waals surface area contributed by atoms with Crippen LogP contribution in [0.5, 0.6) is 0 Å². The fourth-order valence-corrected chi connectivity index (χ4v) is 7.41. The largest absolute Gasteiger partial charge is 0.461 e. The molecular weight excluding hydrogens is 596 g/mol. The molecule has 1 N–H and O–H groups in total. The lowest BCUT2D eigenvalue weighted by Crippen LogP contribution is -2.35. The molecule has 3 aliphatic rings. The molecule has 47 heavy (non-hydrogen) atoms. The van der Waals surface area contributed by atoms with Crippen LogP contribution >= 0.6 is 0 Å². The van der Waals surface area contributed by atoms with Crippen molar-refractivity contribution in [2.45, 2.75) is 66.4 Å². The van der Waals surface area contributed by atoms with Crippen molar-refractivity contribution in [2.24, 2.45) is 12.5 Å². The molecule has 0 saturated carbocycles. The van der Waals surface area contributed by atoms with Gasteiger partial charge >= 0.3 is 5.97 Å². The summed E-state index contributed by atoms with van der Waals surface area (Å²) in [4.78, 5) is 34.8. The number of pyridine rings is 2. The van der Waals surface area contributed by atoms with Crippen molar-refractivity contribution in [1.29, 1.82) is 0 Å². The van der Waals surface area contributed by atoms with Crippen LogP contribution in [0.3, 0.4) is 0 Å². The highest BCUT2D eigenvalue weighted by molar-refractivity contribution is 5.76. The molecule has 0 aromatic carbocycles. The van der Waals surface area contributed by atoms with Crippen LogP contribution in [0.1, 0.15) is 49.0 Å². The normalized spacial score (nSPS) is 16.9. The van der Waals surface area contributed by atoms with Crippen molar-refractivity contribution in [3.8, 4) is 11.1 Å². The predicted molar refractivity (Wildman–Crippen MR) is 180 cm³/mol. The Labute approximate surface area is 274 Å². The second kappa shape index (κ2) is 12.3. The fraction of sp³-hybridized carbons (Fsp3) is 0.486. The molecule has 0 amide bonds. The summed E-state index contributed by atoms with van der Waals surface area (Å²) in [7, 11) is 3.46. The Balaban J connectivity index is 1.19. The van der Waals surface area contributed by atoms with Crippen molar-refractivity contribution in [1.82, 2.24) is 28.8 Å². The molecule has 0 unspecified atom stereocenters. The topological polar surface area (TPSA) is 112 Å². The summed E-state index contributed by atoms with van der Waals surface area (Å²) in [6, 6.07) is 8.15. The van der Waals surface area contributed by atoms with Gasteiger partial charge in [0, 0.05) is 94.8 Å². The lowest BCUT2D eigenvalue weighted by atomic mass is 9.90. The Hall–Kier alpha value is -4.42. The summed E-state index contributed by atoms with van der Waals surface area (Å²) >= 11 is 0. The molecular formula is C35H44N8O4. The molecule has 0 bridgehead atoms. The second-order valence-corrected chi connectivity index (χ2v) is 13.8. The summed E-state index contributed by atoms with van der Waals surface area (Å²) in [5.74, 6) is 1.06. The maximum atomic E-state index is 13.4. The number of aromatic nitrogens is 5. The molecule has 0 saturated heterocycles. The van der Waals surface area contributed by atoms with E-state index in [0.717, 1.165) is 86.9 Å². The number of hydrogen-bond donors (Lipinski definition) is 1. The molecule has 2 aliphatic heterocycles. The Morgan fingerprint density at radius 2 is 1.91 bits per heavy atom. The summed E-state index contributed by atoms with van der Waals surface area (Å²) < 4.78 is 16.9. The number of aryl methyl sites for hydroxylation is 1. The smallest absolute Gasteiger partial charge is 0.302 e. The molecule has 7 rings (SSSR count). The molecule has 6 heterocycles. The van der Waals surface area contributed by atoms with Gasteiger partial charge in [-0.15, -0.1) is 0 Å². The van der Waals surface area contributed by atoms with E-state index in [-0.39, 0.29) is 18.1 Å². The van der Waals surface area contributed by atoms with E-state index in [4.69, 9.17) is 19.6 Å². The number of carbonyl (C=O) groups excluding carboxylic acids is 1. The van der Waals surface area contributed by atoms with Gasteiger partial charge in [-0.25, -0.2) is 4.98 Å². The van der Waals surface area contributed by atoms with Gasteiger partial charge in [-0.1, -0.05) is 13.8 Å². The molecule has 0 fully saturated rings. The van der Waals surface area contributed by atoms with Crippen molar-refractivity contribution < 1.29 is 14.3 Å². The van der Waals surface area contributed by atoms with Gasteiger partial charge < -0.3 is 28.8 Å². The zero-order chi connectivity index (χ0) is 32.9. The molecule has 12 nitrogen and oxygen atoms in total. The lowest BCUT2D eigenvalue weighted by Gasteiger charge is -2.33. The highest BCUT2D eigenvalue weighted by Crippen LogP contribution is 2.40. The van der Waals surface area contributed by atoms with Crippen molar-refractivity contribution in [2.75, 3.05) is 43.6 Å². The van der Waals surface area contributed by atoms with Crippen LogP contribution in [0.15, 0.2) is 41.5 Å². The number of nitrogens with zero attached hydrogens (tertiary/aromatic N) is 7. The number of carbonyl (C=O) groups is 1. The number of methoxy groups -OCH3 is 1.